The zero-order chi connectivity index (χ0) is 30.7. The lowest BCUT2D eigenvalue weighted by atomic mass is 9.71. The number of para-hydroxylation sites is 1. The summed E-state index contributed by atoms with van der Waals surface area (Å²) in [5.41, 5.74) is 1.51. The number of carbonyl (C=O) groups excluding carboxylic acids is 3. The number of amides is 2. The molecular formula is C32H43N5O5S. The van der Waals surface area contributed by atoms with Gasteiger partial charge in [0.25, 0.3) is 0 Å². The summed E-state index contributed by atoms with van der Waals surface area (Å²) in [6, 6.07) is 6.16. The van der Waals surface area contributed by atoms with E-state index in [1.165, 1.54) is 0 Å². The van der Waals surface area contributed by atoms with Gasteiger partial charge in [0.2, 0.25) is 11.8 Å². The Morgan fingerprint density at radius 1 is 1.26 bits per heavy atom. The van der Waals surface area contributed by atoms with Crippen molar-refractivity contribution in [3.63, 3.8) is 0 Å². The molecule has 2 aromatic rings. The van der Waals surface area contributed by atoms with Gasteiger partial charge in [-0.05, 0) is 56.6 Å². The van der Waals surface area contributed by atoms with Crippen LogP contribution in [0.1, 0.15) is 52.4 Å². The van der Waals surface area contributed by atoms with Crippen LogP contribution in [0.4, 0.5) is 0 Å². The second kappa shape index (κ2) is 13.2. The molecule has 2 amide bonds. The number of hydrogen-bond acceptors (Lipinski definition) is 8. The summed E-state index contributed by atoms with van der Waals surface area (Å²) in [5, 5.41) is 19.0. The van der Waals surface area contributed by atoms with Gasteiger partial charge in [-0.3, -0.25) is 14.4 Å². The molecule has 11 heteroatoms. The Hall–Kier alpha value is -3.18. The molecule has 0 radical (unpaired) electrons. The number of thioether (sulfide) groups is 1. The Kier molecular flexibility index (Phi) is 9.60. The quantitative estimate of drug-likeness (QED) is 0.184. The zero-order valence-corrected chi connectivity index (χ0v) is 26.0. The Bertz CT molecular complexity index is 1360. The highest BCUT2D eigenvalue weighted by atomic mass is 32.2. The molecule has 2 bridgehead atoms. The number of allylic oxidation sites excluding steroid dienone is 1. The third kappa shape index (κ3) is 5.73. The van der Waals surface area contributed by atoms with Crippen molar-refractivity contribution < 1.29 is 24.2 Å². The highest BCUT2D eigenvalue weighted by Gasteiger charge is 2.74. The normalized spacial score (nSPS) is 26.6. The number of unbranched alkanes of at least 4 members (excludes halogenated alkanes) is 2. The first-order chi connectivity index (χ1) is 20.8. The number of hydrogen-bond donors (Lipinski definition) is 1. The SMILES string of the molecule is C=CCCCCOC(=O)[C@@H]1[C@@H]2CCC3(S2)C(C(=O)N(CC=C)Cn2nnc4ccccc42)N([C@@H](CO)CC(C)C)C(=O)[C@H]13. The van der Waals surface area contributed by atoms with Crippen molar-refractivity contribution in [3.05, 3.63) is 49.6 Å². The molecule has 43 heavy (non-hydrogen) atoms. The third-order valence-electron chi connectivity index (χ3n) is 9.02. The van der Waals surface area contributed by atoms with E-state index < -0.39 is 28.7 Å². The number of rotatable bonds is 15. The lowest BCUT2D eigenvalue weighted by Gasteiger charge is -2.40. The number of benzene rings is 1. The minimum atomic E-state index is -0.837. The standard InChI is InChI=1S/C32H43N5O5S/c1-5-7-8-11-17-42-31(41)26-25-14-15-32(43-25)27(26)29(39)37(22(19-38)18-21(3)4)28(32)30(40)35(16-6-2)20-36-24-13-10-9-12-23(24)33-34-36/h5-6,9-10,12-13,21-22,25-28,38H,1-2,7-8,11,14-20H2,3-4H3/t22-,25+,26-,27+,28?,32?/m1/s1. The van der Waals surface area contributed by atoms with E-state index in [-0.39, 0.29) is 48.8 Å². The molecule has 1 spiro atoms. The minimum absolute atomic E-state index is 0.0862. The van der Waals surface area contributed by atoms with Crippen molar-refractivity contribution in [2.45, 2.75) is 81.1 Å². The van der Waals surface area contributed by atoms with Gasteiger partial charge in [0.05, 0.1) is 41.4 Å². The van der Waals surface area contributed by atoms with Crippen LogP contribution < -0.4 is 0 Å². The number of aliphatic hydroxyl groups excluding tert-OH is 1. The number of ether oxygens (including phenoxy) is 1. The van der Waals surface area contributed by atoms with Crippen molar-refractivity contribution in [2.24, 2.45) is 17.8 Å². The molecule has 0 saturated carbocycles. The van der Waals surface area contributed by atoms with Crippen LogP contribution in [0.25, 0.3) is 11.0 Å². The van der Waals surface area contributed by atoms with Crippen molar-refractivity contribution in [3.8, 4) is 0 Å². The fraction of sp³-hybridized carbons (Fsp3) is 0.594. The van der Waals surface area contributed by atoms with E-state index in [2.05, 4.69) is 23.5 Å². The predicted molar refractivity (Wildman–Crippen MR) is 166 cm³/mol. The van der Waals surface area contributed by atoms with Crippen LogP contribution in [-0.4, -0.2) is 89.5 Å². The molecule has 6 atom stereocenters. The van der Waals surface area contributed by atoms with Crippen LogP contribution in [0.2, 0.25) is 0 Å². The van der Waals surface area contributed by atoms with E-state index in [1.807, 2.05) is 44.2 Å². The summed E-state index contributed by atoms with van der Waals surface area (Å²) >= 11 is 1.60. The molecule has 2 unspecified atom stereocenters. The van der Waals surface area contributed by atoms with E-state index in [0.717, 1.165) is 36.7 Å². The van der Waals surface area contributed by atoms with E-state index in [1.54, 1.807) is 32.3 Å². The number of carbonyl (C=O) groups is 3. The van der Waals surface area contributed by atoms with Crippen LogP contribution in [-0.2, 0) is 25.8 Å². The number of aliphatic hydroxyl groups is 1. The third-order valence-corrected chi connectivity index (χ3v) is 11.0. The Morgan fingerprint density at radius 2 is 2.05 bits per heavy atom. The number of nitrogens with zero attached hydrogens (tertiary/aromatic N) is 5. The molecule has 4 heterocycles. The van der Waals surface area contributed by atoms with Crippen molar-refractivity contribution in [2.75, 3.05) is 19.8 Å². The van der Waals surface area contributed by atoms with Crippen molar-refractivity contribution in [1.82, 2.24) is 24.8 Å². The van der Waals surface area contributed by atoms with Gasteiger partial charge in [-0.25, -0.2) is 4.68 Å². The predicted octanol–water partition coefficient (Wildman–Crippen LogP) is 3.80. The molecule has 1 aromatic carbocycles. The Labute approximate surface area is 257 Å². The van der Waals surface area contributed by atoms with Crippen LogP contribution in [0, 0.1) is 17.8 Å². The average Bonchev–Trinajstić information content (AvgIpc) is 3.74. The average molecular weight is 610 g/mol. The number of esters is 1. The van der Waals surface area contributed by atoms with E-state index in [4.69, 9.17) is 4.74 Å². The maximum atomic E-state index is 14.7. The summed E-state index contributed by atoms with van der Waals surface area (Å²) in [4.78, 5) is 46.0. The molecule has 3 saturated heterocycles. The van der Waals surface area contributed by atoms with Gasteiger partial charge in [-0.15, -0.1) is 30.0 Å². The van der Waals surface area contributed by atoms with E-state index in [9.17, 15) is 19.5 Å². The van der Waals surface area contributed by atoms with Gasteiger partial charge in [0.1, 0.15) is 18.2 Å². The summed E-state index contributed by atoms with van der Waals surface area (Å²) in [6.07, 6.45) is 7.88. The molecule has 3 aliphatic rings. The monoisotopic (exact) mass is 609 g/mol. The fourth-order valence-electron chi connectivity index (χ4n) is 7.24. The number of likely N-dealkylation sites (tertiary alicyclic amines) is 1. The Morgan fingerprint density at radius 3 is 2.77 bits per heavy atom. The number of fused-ring (bicyclic) bond motifs is 2. The van der Waals surface area contributed by atoms with Crippen molar-refractivity contribution in [1.29, 1.82) is 0 Å². The first-order valence-electron chi connectivity index (χ1n) is 15.3. The van der Waals surface area contributed by atoms with Gasteiger partial charge in [0.15, 0.2) is 0 Å². The molecular weight excluding hydrogens is 566 g/mol. The molecule has 0 aliphatic carbocycles. The summed E-state index contributed by atoms with van der Waals surface area (Å²) in [5.74, 6) is -1.92. The number of aromatic nitrogens is 3. The summed E-state index contributed by atoms with van der Waals surface area (Å²) in [6.45, 7) is 12.1. The van der Waals surface area contributed by atoms with Gasteiger partial charge >= 0.3 is 5.97 Å². The van der Waals surface area contributed by atoms with Crippen LogP contribution in [0.3, 0.4) is 0 Å². The van der Waals surface area contributed by atoms with Crippen LogP contribution >= 0.6 is 11.8 Å². The Balaban J connectivity index is 1.48. The van der Waals surface area contributed by atoms with Gasteiger partial charge < -0.3 is 19.6 Å². The van der Waals surface area contributed by atoms with Crippen molar-refractivity contribution >= 4 is 40.6 Å². The fourth-order valence-corrected chi connectivity index (χ4v) is 9.43. The van der Waals surface area contributed by atoms with E-state index >= 15 is 0 Å². The van der Waals surface area contributed by atoms with Crippen LogP contribution in [0.15, 0.2) is 49.6 Å². The first-order valence-corrected chi connectivity index (χ1v) is 16.2. The highest BCUT2D eigenvalue weighted by molar-refractivity contribution is 8.02. The maximum Gasteiger partial charge on any atom is 0.310 e. The lowest BCUT2D eigenvalue weighted by molar-refractivity contribution is -0.154. The molecule has 3 fully saturated rings. The molecule has 3 aliphatic heterocycles. The highest BCUT2D eigenvalue weighted by Crippen LogP contribution is 2.67. The summed E-state index contributed by atoms with van der Waals surface area (Å²) in [7, 11) is 0. The van der Waals surface area contributed by atoms with Crippen LogP contribution in [0.5, 0.6) is 0 Å². The minimum Gasteiger partial charge on any atom is -0.465 e. The first kappa shape index (κ1) is 31.3. The van der Waals surface area contributed by atoms with Gasteiger partial charge in [-0.2, -0.15) is 0 Å². The molecule has 1 N–H and O–H groups in total. The molecule has 232 valence electrons. The van der Waals surface area contributed by atoms with Gasteiger partial charge in [-0.1, -0.05) is 43.3 Å². The smallest absolute Gasteiger partial charge is 0.310 e. The largest absolute Gasteiger partial charge is 0.465 e. The molecule has 5 rings (SSSR count). The zero-order valence-electron chi connectivity index (χ0n) is 25.1. The molecule has 1 aromatic heterocycles. The molecule has 10 nitrogen and oxygen atoms in total. The maximum absolute atomic E-state index is 14.7. The second-order valence-corrected chi connectivity index (χ2v) is 13.9. The van der Waals surface area contributed by atoms with Gasteiger partial charge in [0, 0.05) is 11.8 Å². The second-order valence-electron chi connectivity index (χ2n) is 12.3. The topological polar surface area (TPSA) is 118 Å². The lowest BCUT2D eigenvalue weighted by Crippen LogP contribution is -2.57. The summed E-state index contributed by atoms with van der Waals surface area (Å²) < 4.78 is 6.62. The van der Waals surface area contributed by atoms with E-state index in [0.29, 0.717) is 19.4 Å².